The van der Waals surface area contributed by atoms with Crippen LogP contribution >= 0.6 is 15.9 Å². The zero-order valence-corrected chi connectivity index (χ0v) is 13.7. The Hall–Kier alpha value is -1.36. The van der Waals surface area contributed by atoms with Gasteiger partial charge in [-0.25, -0.2) is 0 Å². The second-order valence-corrected chi connectivity index (χ2v) is 6.80. The molecule has 0 radical (unpaired) electrons. The van der Waals surface area contributed by atoms with E-state index in [4.69, 9.17) is 9.15 Å². The van der Waals surface area contributed by atoms with Crippen molar-refractivity contribution < 1.29 is 13.9 Å². The Morgan fingerprint density at radius 1 is 1.40 bits per heavy atom. The first-order valence-electron chi connectivity index (χ1n) is 5.92. The summed E-state index contributed by atoms with van der Waals surface area (Å²) < 4.78 is 12.5. The van der Waals surface area contributed by atoms with E-state index in [-0.39, 0.29) is 32.3 Å². The molecule has 3 rings (SSSR count). The summed E-state index contributed by atoms with van der Waals surface area (Å²) in [5.74, 6) is -0.654. The van der Waals surface area contributed by atoms with Gasteiger partial charge in [0.25, 0.3) is 0 Å². The summed E-state index contributed by atoms with van der Waals surface area (Å²) in [7, 11) is 0. The molecule has 2 aromatic heterocycles. The van der Waals surface area contributed by atoms with Gasteiger partial charge in [-0.1, -0.05) is 0 Å². The summed E-state index contributed by atoms with van der Waals surface area (Å²) in [6, 6.07) is 4.82. The maximum atomic E-state index is 12.1. The summed E-state index contributed by atoms with van der Waals surface area (Å²) >= 11 is 3.56. The topological polar surface area (TPSA) is 56.5 Å². The van der Waals surface area contributed by atoms with Crippen molar-refractivity contribution in [3.63, 3.8) is 0 Å². The molecule has 0 spiro atoms. The number of carbonyl (C=O) groups is 1. The Bertz CT molecular complexity index is 878. The molecule has 6 heteroatoms. The second-order valence-electron chi connectivity index (χ2n) is 4.10. The van der Waals surface area contributed by atoms with Gasteiger partial charge < -0.3 is 0 Å². The number of benzene rings is 1. The van der Waals surface area contributed by atoms with Gasteiger partial charge in [-0.3, -0.25) is 0 Å². The standard InChI is InChI=1S/C14H9BrO4Se/c1-2-18-14(17)11-5-10(16)8-4-3-7-9(15)6-20-13(7)12(8)19-11/h3-6H,2H2,1H3. The van der Waals surface area contributed by atoms with Crippen LogP contribution in [0.3, 0.4) is 0 Å². The van der Waals surface area contributed by atoms with Crippen LogP contribution in [0.2, 0.25) is 0 Å². The van der Waals surface area contributed by atoms with Crippen molar-refractivity contribution >= 4 is 57.0 Å². The fraction of sp³-hybridized carbons (Fsp3) is 0.143. The van der Waals surface area contributed by atoms with Gasteiger partial charge >= 0.3 is 128 Å². The predicted molar refractivity (Wildman–Crippen MR) is 80.6 cm³/mol. The Kier molecular flexibility index (Phi) is 3.54. The van der Waals surface area contributed by atoms with Crippen molar-refractivity contribution in [2.75, 3.05) is 6.61 Å². The molecule has 0 fully saturated rings. The van der Waals surface area contributed by atoms with Crippen molar-refractivity contribution in [2.45, 2.75) is 6.92 Å². The molecule has 1 aromatic carbocycles. The van der Waals surface area contributed by atoms with E-state index in [1.54, 1.807) is 13.0 Å². The van der Waals surface area contributed by atoms with Crippen LogP contribution in [0.4, 0.5) is 0 Å². The molecule has 0 aliphatic carbocycles. The summed E-state index contributed by atoms with van der Waals surface area (Å²) in [6.45, 7) is 1.95. The molecule has 0 amide bonds. The molecular formula is C14H9BrO4Se. The normalized spacial score (nSPS) is 11.1. The van der Waals surface area contributed by atoms with Crippen LogP contribution < -0.4 is 5.43 Å². The van der Waals surface area contributed by atoms with Gasteiger partial charge in [-0.2, -0.15) is 0 Å². The molecule has 0 atom stereocenters. The first-order valence-corrected chi connectivity index (χ1v) is 8.56. The van der Waals surface area contributed by atoms with Crippen LogP contribution in [0.1, 0.15) is 17.5 Å². The van der Waals surface area contributed by atoms with E-state index in [1.807, 2.05) is 6.07 Å². The fourth-order valence-electron chi connectivity index (χ4n) is 1.98. The second kappa shape index (κ2) is 5.20. The van der Waals surface area contributed by atoms with E-state index in [2.05, 4.69) is 20.9 Å². The van der Waals surface area contributed by atoms with Gasteiger partial charge in [0.2, 0.25) is 0 Å². The van der Waals surface area contributed by atoms with E-state index in [9.17, 15) is 9.59 Å². The van der Waals surface area contributed by atoms with Gasteiger partial charge in [-0.05, 0) is 0 Å². The third-order valence-corrected chi connectivity index (χ3v) is 6.29. The molecule has 0 aliphatic heterocycles. The average molecular weight is 400 g/mol. The number of fused-ring (bicyclic) bond motifs is 3. The first-order chi connectivity index (χ1) is 9.61. The molecule has 20 heavy (non-hydrogen) atoms. The molecule has 3 aromatic rings. The van der Waals surface area contributed by atoms with Crippen LogP contribution in [-0.4, -0.2) is 27.1 Å². The summed E-state index contributed by atoms with van der Waals surface area (Å²) in [5.41, 5.74) is 0.264. The number of halogens is 1. The van der Waals surface area contributed by atoms with Crippen LogP contribution in [0.5, 0.6) is 0 Å². The molecule has 4 nitrogen and oxygen atoms in total. The molecule has 2 heterocycles. The average Bonchev–Trinajstić information content (AvgIpc) is 2.81. The quantitative estimate of drug-likeness (QED) is 0.491. The van der Waals surface area contributed by atoms with Crippen molar-refractivity contribution in [1.82, 2.24) is 0 Å². The number of hydrogen-bond acceptors (Lipinski definition) is 4. The van der Waals surface area contributed by atoms with E-state index < -0.39 is 5.97 Å². The summed E-state index contributed by atoms with van der Waals surface area (Å²) in [4.78, 5) is 25.9. The number of esters is 1. The number of rotatable bonds is 2. The minimum absolute atomic E-state index is 0.0448. The summed E-state index contributed by atoms with van der Waals surface area (Å²) in [5, 5.41) is 1.51. The molecule has 0 N–H and O–H groups in total. The Morgan fingerprint density at radius 2 is 2.15 bits per heavy atom. The van der Waals surface area contributed by atoms with Crippen molar-refractivity contribution in [2.24, 2.45) is 0 Å². The molecule has 0 aliphatic rings. The Labute approximate surface area is 128 Å². The van der Waals surface area contributed by atoms with E-state index in [1.165, 1.54) is 6.07 Å². The van der Waals surface area contributed by atoms with Crippen molar-refractivity contribution in [3.8, 4) is 0 Å². The zero-order chi connectivity index (χ0) is 14.3. The van der Waals surface area contributed by atoms with Gasteiger partial charge in [-0.15, -0.1) is 0 Å². The molecule has 0 bridgehead atoms. The molecular weight excluding hydrogens is 391 g/mol. The number of carbonyl (C=O) groups excluding carboxylic acids is 1. The maximum absolute atomic E-state index is 12.1. The molecule has 0 saturated carbocycles. The van der Waals surface area contributed by atoms with Crippen LogP contribution in [0, 0.1) is 0 Å². The fourth-order valence-corrected chi connectivity index (χ4v) is 5.00. The molecule has 102 valence electrons. The van der Waals surface area contributed by atoms with E-state index >= 15 is 0 Å². The minimum atomic E-state index is -0.610. The Morgan fingerprint density at radius 3 is 2.90 bits per heavy atom. The van der Waals surface area contributed by atoms with E-state index in [0.29, 0.717) is 11.0 Å². The monoisotopic (exact) mass is 400 g/mol. The zero-order valence-electron chi connectivity index (χ0n) is 10.4. The number of hydrogen-bond donors (Lipinski definition) is 0. The Balaban J connectivity index is 2.35. The SMILES string of the molecule is CCOC(=O)c1cc(=O)c2ccc3c(Br)c[se]c3c2o1. The van der Waals surface area contributed by atoms with Gasteiger partial charge in [0.1, 0.15) is 0 Å². The van der Waals surface area contributed by atoms with Gasteiger partial charge in [0.05, 0.1) is 0 Å². The third kappa shape index (κ3) is 2.14. The molecule has 0 unspecified atom stereocenters. The van der Waals surface area contributed by atoms with Gasteiger partial charge in [0.15, 0.2) is 0 Å². The van der Waals surface area contributed by atoms with Crippen LogP contribution in [0.15, 0.2) is 36.8 Å². The van der Waals surface area contributed by atoms with Gasteiger partial charge in [0, 0.05) is 0 Å². The van der Waals surface area contributed by atoms with Crippen molar-refractivity contribution in [3.05, 3.63) is 43.6 Å². The van der Waals surface area contributed by atoms with Crippen LogP contribution in [0.25, 0.3) is 20.6 Å². The third-order valence-electron chi connectivity index (χ3n) is 2.87. The van der Waals surface area contributed by atoms with Crippen LogP contribution in [-0.2, 0) is 4.74 Å². The van der Waals surface area contributed by atoms with Crippen molar-refractivity contribution in [1.29, 1.82) is 0 Å². The number of ether oxygens (including phenoxy) is 1. The first kappa shape index (κ1) is 13.6. The summed E-state index contributed by atoms with van der Waals surface area (Å²) in [6.07, 6.45) is 0. The van der Waals surface area contributed by atoms with E-state index in [0.717, 1.165) is 14.1 Å². The molecule has 0 saturated heterocycles. The predicted octanol–water partition coefficient (Wildman–Crippen LogP) is 2.94.